The van der Waals surface area contributed by atoms with E-state index < -0.39 is 83.4 Å². The third-order valence-corrected chi connectivity index (χ3v) is 11.9. The van der Waals surface area contributed by atoms with Crippen molar-refractivity contribution in [3.63, 3.8) is 0 Å². The van der Waals surface area contributed by atoms with Gasteiger partial charge in [-0.2, -0.15) is 17.6 Å². The van der Waals surface area contributed by atoms with E-state index in [4.69, 9.17) is 27.5 Å². The molecule has 2 aromatic rings. The van der Waals surface area contributed by atoms with Crippen molar-refractivity contribution in [3.8, 4) is 22.6 Å². The molecule has 1 aliphatic heterocycles. The topological polar surface area (TPSA) is 55.4 Å². The second kappa shape index (κ2) is 20.0. The fourth-order valence-corrected chi connectivity index (χ4v) is 8.46. The monoisotopic (exact) mass is 744 g/mol. The molecule has 0 atom stereocenters. The van der Waals surface area contributed by atoms with Gasteiger partial charge in [0.15, 0.2) is 34.8 Å². The predicted octanol–water partition coefficient (Wildman–Crippen LogP) is 10.2. The first-order valence-corrected chi connectivity index (χ1v) is 19.3. The number of hydrogen-bond acceptors (Lipinski definition) is 6. The minimum atomic E-state index is -2.63. The highest BCUT2D eigenvalue weighted by atomic mass is 28.4. The Hall–Kier alpha value is -2.46. The Morgan fingerprint density at radius 2 is 0.900 bits per heavy atom. The molecule has 3 rings (SSSR count). The molecule has 1 fully saturated rings. The van der Waals surface area contributed by atoms with Gasteiger partial charge in [-0.3, -0.25) is 0 Å². The van der Waals surface area contributed by atoms with E-state index in [1.807, 2.05) is 20.8 Å². The van der Waals surface area contributed by atoms with Crippen molar-refractivity contribution in [2.75, 3.05) is 46.2 Å². The maximum Gasteiger partial charge on any atom is 0.500 e. The molecule has 0 unspecified atom stereocenters. The van der Waals surface area contributed by atoms with Crippen LogP contribution in [0.5, 0.6) is 11.5 Å². The Labute approximate surface area is 290 Å². The summed E-state index contributed by atoms with van der Waals surface area (Å²) in [6.07, 6.45) is 8.03. The van der Waals surface area contributed by atoms with Crippen LogP contribution in [0.2, 0.25) is 6.04 Å². The van der Waals surface area contributed by atoms with Gasteiger partial charge in [-0.25, -0.2) is 17.6 Å². The summed E-state index contributed by atoms with van der Waals surface area (Å²) in [5.74, 6) is -20.5. The van der Waals surface area contributed by atoms with Crippen LogP contribution in [-0.4, -0.2) is 55.1 Å². The lowest BCUT2D eigenvalue weighted by Gasteiger charge is -2.40. The summed E-state index contributed by atoms with van der Waals surface area (Å²) in [6.45, 7) is 8.83. The Morgan fingerprint density at radius 1 is 0.520 bits per heavy atom. The molecule has 1 saturated heterocycles. The van der Waals surface area contributed by atoms with Crippen LogP contribution in [0.15, 0.2) is 0 Å². The zero-order valence-electron chi connectivity index (χ0n) is 29.2. The highest BCUT2D eigenvalue weighted by molar-refractivity contribution is 6.60. The average molecular weight is 745 g/mol. The molecule has 0 N–H and O–H groups in total. The van der Waals surface area contributed by atoms with Crippen LogP contribution in [0.1, 0.15) is 91.9 Å². The smallest absolute Gasteiger partial charge is 0.487 e. The molecule has 0 spiro atoms. The minimum Gasteiger partial charge on any atom is -0.487 e. The number of hydrogen-bond donors (Lipinski definition) is 0. The molecule has 0 aliphatic carbocycles. The maximum absolute atomic E-state index is 15.0. The summed E-state index contributed by atoms with van der Waals surface area (Å²) >= 11 is 0. The normalized spacial score (nSPS) is 14.2. The molecule has 1 heterocycles. The van der Waals surface area contributed by atoms with Gasteiger partial charge >= 0.3 is 8.80 Å². The van der Waals surface area contributed by atoms with Gasteiger partial charge in [-0.15, -0.1) is 0 Å². The zero-order chi connectivity index (χ0) is 36.9. The van der Waals surface area contributed by atoms with Crippen LogP contribution in [0.4, 0.5) is 35.1 Å². The highest BCUT2D eigenvalue weighted by Gasteiger charge is 2.41. The van der Waals surface area contributed by atoms with Gasteiger partial charge in [-0.1, -0.05) is 51.9 Å². The molecule has 15 heteroatoms. The second-order valence-corrected chi connectivity index (χ2v) is 15.0. The fraction of sp³-hybridized carbons (Fsp3) is 0.657. The van der Waals surface area contributed by atoms with Crippen molar-refractivity contribution in [1.82, 2.24) is 0 Å². The summed E-state index contributed by atoms with van der Waals surface area (Å²) in [5.41, 5.74) is -4.55. The zero-order valence-corrected chi connectivity index (χ0v) is 30.2. The van der Waals surface area contributed by atoms with Crippen molar-refractivity contribution in [3.05, 3.63) is 46.5 Å². The predicted molar refractivity (Wildman–Crippen MR) is 173 cm³/mol. The third-order valence-electron chi connectivity index (χ3n) is 8.75. The average Bonchev–Trinajstić information content (AvgIpc) is 3.07. The molecule has 50 heavy (non-hydrogen) atoms. The summed E-state index contributed by atoms with van der Waals surface area (Å²) in [6, 6.07) is 0.768. The lowest BCUT2D eigenvalue weighted by molar-refractivity contribution is -0.134. The van der Waals surface area contributed by atoms with Crippen LogP contribution in [0, 0.1) is 52.0 Å². The van der Waals surface area contributed by atoms with Gasteiger partial charge in [-0.05, 0) is 40.0 Å². The first-order valence-electron chi connectivity index (χ1n) is 17.4. The van der Waals surface area contributed by atoms with E-state index >= 15 is 8.78 Å². The molecule has 0 bridgehead atoms. The Kier molecular flexibility index (Phi) is 16.7. The van der Waals surface area contributed by atoms with Gasteiger partial charge in [0.25, 0.3) is 0 Å². The molecular weight excluding hydrogens is 696 g/mol. The largest absolute Gasteiger partial charge is 0.500 e. The van der Waals surface area contributed by atoms with Crippen LogP contribution >= 0.6 is 0 Å². The van der Waals surface area contributed by atoms with E-state index in [0.717, 1.165) is 51.0 Å². The quantitative estimate of drug-likeness (QED) is 0.0462. The van der Waals surface area contributed by atoms with E-state index in [9.17, 15) is 26.3 Å². The maximum atomic E-state index is 15.0. The first kappa shape index (κ1) is 42.0. The lowest BCUT2D eigenvalue weighted by Crippen LogP contribution is -2.46. The standard InChI is InChI=1S/C35H48F8O6Si/c1-5-35(20-44-21-35)22-46-34-31(42)27(38)24(28(39)32(34)43)23-25(36)29(40)33(30(41)26(23)37)45-18-16-14-12-10-9-11-13-15-17-19-50(47-6-2,48-7-3)49-8-4/h5-22H2,1-4H3. The molecule has 0 radical (unpaired) electrons. The van der Waals surface area contributed by atoms with E-state index in [1.54, 1.807) is 6.92 Å². The van der Waals surface area contributed by atoms with Gasteiger partial charge in [0, 0.05) is 25.9 Å². The van der Waals surface area contributed by atoms with Crippen LogP contribution in [0.25, 0.3) is 11.1 Å². The van der Waals surface area contributed by atoms with Crippen LogP contribution in [0.3, 0.4) is 0 Å². The second-order valence-electron chi connectivity index (χ2n) is 12.3. The Bertz CT molecular complexity index is 1310. The summed E-state index contributed by atoms with van der Waals surface area (Å²) in [4.78, 5) is 0. The molecule has 1 aliphatic rings. The number of benzene rings is 2. The Balaban J connectivity index is 1.50. The fourth-order valence-electron chi connectivity index (χ4n) is 5.78. The number of rotatable bonds is 24. The molecule has 2 aromatic carbocycles. The number of unbranched alkanes of at least 4 members (excludes halogenated alkanes) is 8. The van der Waals surface area contributed by atoms with Crippen molar-refractivity contribution in [1.29, 1.82) is 0 Å². The van der Waals surface area contributed by atoms with Crippen molar-refractivity contribution in [2.45, 2.75) is 97.9 Å². The Morgan fingerprint density at radius 3 is 1.26 bits per heavy atom. The molecule has 6 nitrogen and oxygen atoms in total. The van der Waals surface area contributed by atoms with Gasteiger partial charge in [0.1, 0.15) is 0 Å². The lowest BCUT2D eigenvalue weighted by atomic mass is 9.84. The van der Waals surface area contributed by atoms with E-state index in [2.05, 4.69) is 0 Å². The van der Waals surface area contributed by atoms with Crippen LogP contribution < -0.4 is 9.47 Å². The highest BCUT2D eigenvalue weighted by Crippen LogP contribution is 2.42. The van der Waals surface area contributed by atoms with Gasteiger partial charge < -0.3 is 27.5 Å². The molecule has 0 aromatic heterocycles. The molecule has 0 saturated carbocycles. The summed E-state index contributed by atoms with van der Waals surface area (Å²) < 4.78 is 152. The molecule has 284 valence electrons. The van der Waals surface area contributed by atoms with Gasteiger partial charge in [0.2, 0.25) is 23.3 Å². The third kappa shape index (κ3) is 10.1. The summed E-state index contributed by atoms with van der Waals surface area (Å²) in [5, 5.41) is 0. The minimum absolute atomic E-state index is 0.184. The van der Waals surface area contributed by atoms with Crippen molar-refractivity contribution < 1.29 is 62.6 Å². The van der Waals surface area contributed by atoms with E-state index in [0.29, 0.717) is 39.1 Å². The van der Waals surface area contributed by atoms with E-state index in [1.165, 1.54) is 0 Å². The van der Waals surface area contributed by atoms with Crippen molar-refractivity contribution in [2.24, 2.45) is 5.41 Å². The van der Waals surface area contributed by atoms with E-state index in [-0.39, 0.29) is 26.4 Å². The first-order chi connectivity index (χ1) is 23.9. The summed E-state index contributed by atoms with van der Waals surface area (Å²) in [7, 11) is -2.63. The SMILES string of the molecule is CCO[Si](CCCCCCCCCCCOc1c(F)c(F)c(-c2c(F)c(F)c(OCC3(CC)COC3)c(F)c2F)c(F)c1F)(OCC)OCC. The molecule has 0 amide bonds. The van der Waals surface area contributed by atoms with Crippen molar-refractivity contribution >= 4 is 8.80 Å². The molecular formula is C35H48F8O6Si. The van der Waals surface area contributed by atoms with Crippen LogP contribution in [-0.2, 0) is 18.0 Å². The number of halogens is 8. The van der Waals surface area contributed by atoms with Gasteiger partial charge in [0.05, 0.1) is 43.0 Å². The number of ether oxygens (including phenoxy) is 3.